The van der Waals surface area contributed by atoms with Crippen molar-refractivity contribution < 1.29 is 35.1 Å². The monoisotopic (exact) mass is 387 g/mol. The molecule has 0 aromatic carbocycles. The second-order valence-corrected chi connectivity index (χ2v) is 5.44. The number of nitrogens with one attached hydrogen (secondary N) is 2. The Labute approximate surface area is 152 Å². The van der Waals surface area contributed by atoms with Crippen molar-refractivity contribution in [1.82, 2.24) is 15.0 Å². The van der Waals surface area contributed by atoms with E-state index in [0.717, 1.165) is 4.57 Å². The first-order valence-corrected chi connectivity index (χ1v) is 7.66. The zero-order chi connectivity index (χ0) is 20.6. The van der Waals surface area contributed by atoms with Crippen LogP contribution in [0.15, 0.2) is 22.2 Å². The fourth-order valence-electron chi connectivity index (χ4n) is 1.80. The fraction of sp³-hybridized carbons (Fsp3) is 0.500. The largest absolute Gasteiger partial charge is 0.394 e. The predicted octanol–water partition coefficient (Wildman–Crippen LogP) is -4.26. The van der Waals surface area contributed by atoms with Gasteiger partial charge in [-0.05, 0) is 6.07 Å². The third-order valence-corrected chi connectivity index (χ3v) is 3.19. The Kier molecular flexibility index (Phi) is 8.64. The van der Waals surface area contributed by atoms with Crippen molar-refractivity contribution in [3.8, 4) is 0 Å². The minimum atomic E-state index is -1.86. The molecule has 0 radical (unpaired) electrons. The number of anilines is 1. The van der Waals surface area contributed by atoms with Gasteiger partial charge < -0.3 is 30.8 Å². The first-order valence-electron chi connectivity index (χ1n) is 7.66. The van der Waals surface area contributed by atoms with Crippen molar-refractivity contribution in [2.75, 3.05) is 11.9 Å². The van der Waals surface area contributed by atoms with Crippen LogP contribution in [0.1, 0.15) is 6.92 Å². The quantitative estimate of drug-likeness (QED) is 0.161. The number of hydrogen-bond donors (Lipinski definition) is 7. The molecule has 1 rings (SSSR count). The molecule has 1 heterocycles. The molecule has 13 heteroatoms. The summed E-state index contributed by atoms with van der Waals surface area (Å²) in [4.78, 5) is 37.9. The summed E-state index contributed by atoms with van der Waals surface area (Å²) in [6.07, 6.45) is -5.19. The van der Waals surface area contributed by atoms with Crippen LogP contribution in [0.5, 0.6) is 0 Å². The van der Waals surface area contributed by atoms with Crippen molar-refractivity contribution in [3.05, 3.63) is 22.7 Å². The summed E-state index contributed by atoms with van der Waals surface area (Å²) >= 11 is 0. The second kappa shape index (κ2) is 10.4. The number of hydrogen-bond acceptors (Lipinski definition) is 10. The molecule has 27 heavy (non-hydrogen) atoms. The minimum Gasteiger partial charge on any atom is -0.394 e. The van der Waals surface area contributed by atoms with Crippen LogP contribution in [-0.4, -0.2) is 84.1 Å². The maximum Gasteiger partial charge on any atom is 0.349 e. The number of hydrazone groups is 1. The summed E-state index contributed by atoms with van der Waals surface area (Å²) in [6, 6.07) is 1.31. The lowest BCUT2D eigenvalue weighted by Crippen LogP contribution is -2.46. The lowest BCUT2D eigenvalue weighted by Gasteiger charge is -2.23. The van der Waals surface area contributed by atoms with Gasteiger partial charge in [0.1, 0.15) is 36.8 Å². The van der Waals surface area contributed by atoms with Crippen molar-refractivity contribution >= 4 is 23.8 Å². The summed E-state index contributed by atoms with van der Waals surface area (Å²) in [5, 5.41) is 52.1. The average Bonchev–Trinajstić information content (AvgIpc) is 2.61. The van der Waals surface area contributed by atoms with E-state index in [-0.39, 0.29) is 5.82 Å². The van der Waals surface area contributed by atoms with Crippen LogP contribution in [0, 0.1) is 0 Å². The van der Waals surface area contributed by atoms with Crippen molar-refractivity contribution in [2.24, 2.45) is 5.10 Å². The lowest BCUT2D eigenvalue weighted by atomic mass is 10.0. The Morgan fingerprint density at radius 1 is 1.30 bits per heavy atom. The SMILES string of the molecule is CC(=O)Nc1ccn(CC(=O)N/N=C/[C@H](O)[C@@H](O)[C@H](O)[C@H](O)CO)c(=O)n1. The standard InChI is InChI=1S/C14H21N5O8/c1-7(21)16-10-2-3-19(14(27)17-10)5-11(24)18-15-4-8(22)12(25)13(26)9(23)6-20/h2-4,8-9,12-13,20,22-23,25-26H,5-6H2,1H3,(H,18,24)(H,16,17,21,27)/b15-4+/t8-,9+,12+,13+/m0/s1. The van der Waals surface area contributed by atoms with Gasteiger partial charge in [0, 0.05) is 13.1 Å². The molecule has 4 atom stereocenters. The molecule has 0 aliphatic rings. The molecule has 1 aromatic rings. The fourth-order valence-corrected chi connectivity index (χ4v) is 1.80. The van der Waals surface area contributed by atoms with Gasteiger partial charge in [0.25, 0.3) is 5.91 Å². The van der Waals surface area contributed by atoms with E-state index in [4.69, 9.17) is 5.11 Å². The molecular formula is C14H21N5O8. The van der Waals surface area contributed by atoms with Crippen LogP contribution in [0.3, 0.4) is 0 Å². The van der Waals surface area contributed by atoms with Crippen molar-refractivity contribution in [3.63, 3.8) is 0 Å². The Morgan fingerprint density at radius 3 is 2.52 bits per heavy atom. The molecule has 0 unspecified atom stereocenters. The number of aliphatic hydroxyl groups excluding tert-OH is 5. The van der Waals surface area contributed by atoms with E-state index in [1.807, 2.05) is 5.43 Å². The number of carbonyl (C=O) groups is 2. The van der Waals surface area contributed by atoms with Gasteiger partial charge in [0.15, 0.2) is 0 Å². The van der Waals surface area contributed by atoms with Crippen LogP contribution in [0.25, 0.3) is 0 Å². The van der Waals surface area contributed by atoms with Gasteiger partial charge >= 0.3 is 5.69 Å². The number of carbonyl (C=O) groups excluding carboxylic acids is 2. The average molecular weight is 387 g/mol. The highest BCUT2D eigenvalue weighted by Gasteiger charge is 2.29. The van der Waals surface area contributed by atoms with Crippen LogP contribution in [-0.2, 0) is 16.1 Å². The highest BCUT2D eigenvalue weighted by atomic mass is 16.4. The van der Waals surface area contributed by atoms with Gasteiger partial charge in [-0.2, -0.15) is 10.1 Å². The molecule has 150 valence electrons. The Morgan fingerprint density at radius 2 is 1.96 bits per heavy atom. The smallest absolute Gasteiger partial charge is 0.349 e. The number of rotatable bonds is 9. The van der Waals surface area contributed by atoms with Crippen LogP contribution in [0.2, 0.25) is 0 Å². The number of amides is 2. The Balaban J connectivity index is 2.59. The summed E-state index contributed by atoms with van der Waals surface area (Å²) < 4.78 is 0.933. The third kappa shape index (κ3) is 7.20. The van der Waals surface area contributed by atoms with Gasteiger partial charge in [-0.15, -0.1) is 0 Å². The van der Waals surface area contributed by atoms with Gasteiger partial charge in [0.05, 0.1) is 12.8 Å². The molecule has 0 bridgehead atoms. The van der Waals surface area contributed by atoms with E-state index < -0.39 is 55.1 Å². The minimum absolute atomic E-state index is 0.0305. The topological polar surface area (TPSA) is 207 Å². The third-order valence-electron chi connectivity index (χ3n) is 3.19. The Hall–Kier alpha value is -2.71. The molecule has 0 spiro atoms. The van der Waals surface area contributed by atoms with Gasteiger partial charge in [-0.25, -0.2) is 10.2 Å². The molecule has 1 aromatic heterocycles. The second-order valence-electron chi connectivity index (χ2n) is 5.44. The molecular weight excluding hydrogens is 366 g/mol. The maximum absolute atomic E-state index is 11.7. The molecule has 0 aliphatic heterocycles. The zero-order valence-electron chi connectivity index (χ0n) is 14.3. The maximum atomic E-state index is 11.7. The van der Waals surface area contributed by atoms with E-state index in [2.05, 4.69) is 15.4 Å². The molecule has 13 nitrogen and oxygen atoms in total. The molecule has 0 saturated carbocycles. The van der Waals surface area contributed by atoms with Crippen molar-refractivity contribution in [2.45, 2.75) is 37.9 Å². The first-order chi connectivity index (χ1) is 12.6. The molecule has 0 fully saturated rings. The van der Waals surface area contributed by atoms with E-state index in [1.165, 1.54) is 19.2 Å². The van der Waals surface area contributed by atoms with E-state index in [9.17, 15) is 34.8 Å². The van der Waals surface area contributed by atoms with Gasteiger partial charge in [-0.1, -0.05) is 0 Å². The molecule has 2 amide bonds. The first kappa shape index (κ1) is 22.3. The molecule has 0 saturated heterocycles. The predicted molar refractivity (Wildman–Crippen MR) is 90.5 cm³/mol. The number of aromatic nitrogens is 2. The van der Waals surface area contributed by atoms with E-state index >= 15 is 0 Å². The normalized spacial score (nSPS) is 15.8. The molecule has 0 aliphatic carbocycles. The van der Waals surface area contributed by atoms with Gasteiger partial charge in [0.2, 0.25) is 5.91 Å². The van der Waals surface area contributed by atoms with E-state index in [0.29, 0.717) is 6.21 Å². The van der Waals surface area contributed by atoms with Crippen LogP contribution in [0.4, 0.5) is 5.82 Å². The summed E-state index contributed by atoms with van der Waals surface area (Å²) in [6.45, 7) is -0.0517. The highest BCUT2D eigenvalue weighted by molar-refractivity contribution is 5.87. The number of aliphatic hydroxyl groups is 5. The van der Waals surface area contributed by atoms with Gasteiger partial charge in [-0.3, -0.25) is 14.2 Å². The van der Waals surface area contributed by atoms with E-state index in [1.54, 1.807) is 0 Å². The van der Waals surface area contributed by atoms with Crippen LogP contribution >= 0.6 is 0 Å². The Bertz CT molecular complexity index is 736. The summed E-state index contributed by atoms with van der Waals surface area (Å²) in [5.74, 6) is -1.15. The van der Waals surface area contributed by atoms with Crippen LogP contribution < -0.4 is 16.4 Å². The summed E-state index contributed by atoms with van der Waals surface area (Å²) in [7, 11) is 0. The lowest BCUT2D eigenvalue weighted by molar-refractivity contribution is -0.121. The number of nitrogens with zero attached hydrogens (tertiary/aromatic N) is 3. The zero-order valence-corrected chi connectivity index (χ0v) is 14.3. The summed E-state index contributed by atoms with van der Waals surface area (Å²) in [5.41, 5.74) is 1.19. The molecule has 7 N–H and O–H groups in total. The van der Waals surface area contributed by atoms with Crippen molar-refractivity contribution in [1.29, 1.82) is 0 Å². The highest BCUT2D eigenvalue weighted by Crippen LogP contribution is 2.03.